The number of carbonyl (C=O) groups is 2. The summed E-state index contributed by atoms with van der Waals surface area (Å²) in [4.78, 5) is 25.4. The van der Waals surface area contributed by atoms with Crippen LogP contribution in [0.2, 0.25) is 0 Å². The Morgan fingerprint density at radius 1 is 1.33 bits per heavy atom. The average Bonchev–Trinajstić information content (AvgIpc) is 2.45. The molecule has 0 aromatic rings. The highest BCUT2D eigenvalue weighted by molar-refractivity contribution is 7.99. The summed E-state index contributed by atoms with van der Waals surface area (Å²) in [7, 11) is 0. The molecule has 0 aromatic carbocycles. The molecule has 1 rings (SSSR count). The minimum atomic E-state index is -0.711. The van der Waals surface area contributed by atoms with Gasteiger partial charge in [0.15, 0.2) is 0 Å². The Hall–Kier alpha value is -0.910. The molecule has 1 fully saturated rings. The van der Waals surface area contributed by atoms with Crippen LogP contribution in [0.4, 0.5) is 4.79 Å². The maximum atomic E-state index is 12.2. The zero-order chi connectivity index (χ0) is 15.9. The lowest BCUT2D eigenvalue weighted by Crippen LogP contribution is -2.51. The fraction of sp³-hybridized carbons (Fsp3) is 0.867. The van der Waals surface area contributed by atoms with Crippen molar-refractivity contribution in [3.63, 3.8) is 0 Å². The van der Waals surface area contributed by atoms with Crippen molar-refractivity contribution in [3.05, 3.63) is 0 Å². The van der Waals surface area contributed by atoms with E-state index < -0.39 is 11.4 Å². The van der Waals surface area contributed by atoms with Crippen molar-refractivity contribution in [1.82, 2.24) is 10.2 Å². The smallest absolute Gasteiger partial charge is 0.317 e. The van der Waals surface area contributed by atoms with E-state index in [1.807, 2.05) is 13.8 Å². The Morgan fingerprint density at radius 3 is 2.43 bits per heavy atom. The van der Waals surface area contributed by atoms with E-state index in [0.717, 1.165) is 17.9 Å². The minimum Gasteiger partial charge on any atom is -0.481 e. The number of aliphatic carboxylic acids is 1. The molecule has 0 saturated carbocycles. The van der Waals surface area contributed by atoms with Gasteiger partial charge in [-0.1, -0.05) is 20.3 Å². The van der Waals surface area contributed by atoms with E-state index in [9.17, 15) is 14.7 Å². The molecule has 122 valence electrons. The molecule has 1 aliphatic rings. The normalized spacial score (nSPS) is 19.1. The summed E-state index contributed by atoms with van der Waals surface area (Å²) < 4.78 is 0. The monoisotopic (exact) mass is 316 g/mol. The molecular formula is C15H28N2O3S. The summed E-state index contributed by atoms with van der Waals surface area (Å²) in [6.45, 7) is 7.18. The first-order valence-corrected chi connectivity index (χ1v) is 8.97. The van der Waals surface area contributed by atoms with Crippen molar-refractivity contribution in [2.45, 2.75) is 52.5 Å². The van der Waals surface area contributed by atoms with Gasteiger partial charge in [0.1, 0.15) is 0 Å². The highest BCUT2D eigenvalue weighted by atomic mass is 32.2. The number of carboxylic acid groups (broad SMARTS) is 1. The van der Waals surface area contributed by atoms with E-state index in [1.54, 1.807) is 16.7 Å². The molecule has 0 radical (unpaired) electrons. The van der Waals surface area contributed by atoms with Crippen LogP contribution in [-0.2, 0) is 4.79 Å². The van der Waals surface area contributed by atoms with Crippen molar-refractivity contribution in [2.75, 3.05) is 24.6 Å². The molecular weight excluding hydrogens is 288 g/mol. The first-order valence-electron chi connectivity index (χ1n) is 7.81. The predicted molar refractivity (Wildman–Crippen MR) is 86.8 cm³/mol. The zero-order valence-corrected chi connectivity index (χ0v) is 14.2. The Balaban J connectivity index is 2.47. The summed E-state index contributed by atoms with van der Waals surface area (Å²) in [5.74, 6) is 1.24. The number of carbonyl (C=O) groups excluding carboxylic acids is 1. The number of likely N-dealkylation sites (tertiary alicyclic amines) is 1. The SMILES string of the molecule is CCCC1(C(=O)O)CCN(C(=O)NC(C)CSCC)CC1. The van der Waals surface area contributed by atoms with Crippen molar-refractivity contribution >= 4 is 23.8 Å². The van der Waals surface area contributed by atoms with E-state index in [1.165, 1.54) is 0 Å². The van der Waals surface area contributed by atoms with Gasteiger partial charge >= 0.3 is 12.0 Å². The summed E-state index contributed by atoms with van der Waals surface area (Å²) in [5.41, 5.74) is -0.630. The predicted octanol–water partition coefficient (Wildman–Crippen LogP) is 2.80. The lowest BCUT2D eigenvalue weighted by atomic mass is 9.75. The van der Waals surface area contributed by atoms with Crippen LogP contribution in [-0.4, -0.2) is 52.6 Å². The second kappa shape index (κ2) is 8.51. The van der Waals surface area contributed by atoms with E-state index >= 15 is 0 Å². The van der Waals surface area contributed by atoms with Crippen LogP contribution in [0.3, 0.4) is 0 Å². The molecule has 21 heavy (non-hydrogen) atoms. The largest absolute Gasteiger partial charge is 0.481 e. The Morgan fingerprint density at radius 2 is 1.95 bits per heavy atom. The highest BCUT2D eigenvalue weighted by Crippen LogP contribution is 2.36. The number of rotatable bonds is 7. The van der Waals surface area contributed by atoms with Gasteiger partial charge < -0.3 is 15.3 Å². The third-order valence-electron chi connectivity index (χ3n) is 4.13. The molecule has 0 spiro atoms. The number of carboxylic acids is 1. The van der Waals surface area contributed by atoms with Gasteiger partial charge in [0.2, 0.25) is 0 Å². The molecule has 1 unspecified atom stereocenters. The lowest BCUT2D eigenvalue weighted by Gasteiger charge is -2.39. The Labute approximate surface area is 131 Å². The lowest BCUT2D eigenvalue weighted by molar-refractivity contribution is -0.152. The van der Waals surface area contributed by atoms with Crippen LogP contribution in [0.5, 0.6) is 0 Å². The number of hydrogen-bond acceptors (Lipinski definition) is 3. The topological polar surface area (TPSA) is 69.6 Å². The molecule has 1 atom stereocenters. The van der Waals surface area contributed by atoms with Gasteiger partial charge in [-0.2, -0.15) is 11.8 Å². The van der Waals surface area contributed by atoms with Gasteiger partial charge in [-0.05, 0) is 31.9 Å². The quantitative estimate of drug-likeness (QED) is 0.758. The number of urea groups is 1. The third-order valence-corrected chi connectivity index (χ3v) is 5.28. The van der Waals surface area contributed by atoms with Gasteiger partial charge in [0.05, 0.1) is 5.41 Å². The zero-order valence-electron chi connectivity index (χ0n) is 13.4. The number of hydrogen-bond donors (Lipinski definition) is 2. The second-order valence-corrected chi connectivity index (χ2v) is 7.15. The van der Waals surface area contributed by atoms with E-state index in [-0.39, 0.29) is 12.1 Å². The molecule has 6 heteroatoms. The van der Waals surface area contributed by atoms with Crippen LogP contribution in [0.25, 0.3) is 0 Å². The second-order valence-electron chi connectivity index (χ2n) is 5.83. The maximum Gasteiger partial charge on any atom is 0.317 e. The minimum absolute atomic E-state index is 0.0605. The van der Waals surface area contributed by atoms with Crippen LogP contribution in [0.1, 0.15) is 46.5 Å². The summed E-state index contributed by atoms with van der Waals surface area (Å²) in [5, 5.41) is 12.5. The van der Waals surface area contributed by atoms with Gasteiger partial charge in [-0.3, -0.25) is 4.79 Å². The van der Waals surface area contributed by atoms with Crippen LogP contribution >= 0.6 is 11.8 Å². The third kappa shape index (κ3) is 5.09. The number of nitrogens with one attached hydrogen (secondary N) is 1. The standard InChI is InChI=1S/C15H28N2O3S/c1-4-6-15(13(18)19)7-9-17(10-8-15)14(20)16-12(3)11-21-5-2/h12H,4-11H2,1-3H3,(H,16,20)(H,18,19). The molecule has 0 aromatic heterocycles. The molecule has 5 nitrogen and oxygen atoms in total. The van der Waals surface area contributed by atoms with Gasteiger partial charge in [-0.15, -0.1) is 0 Å². The Kier molecular flexibility index (Phi) is 7.35. The number of nitrogens with zero attached hydrogens (tertiary/aromatic N) is 1. The summed E-state index contributed by atoms with van der Waals surface area (Å²) >= 11 is 1.80. The summed E-state index contributed by atoms with van der Waals surface area (Å²) in [6, 6.07) is 0.0824. The van der Waals surface area contributed by atoms with Crippen molar-refractivity contribution in [1.29, 1.82) is 0 Å². The van der Waals surface area contributed by atoms with Crippen LogP contribution in [0.15, 0.2) is 0 Å². The summed E-state index contributed by atoms with van der Waals surface area (Å²) in [6.07, 6.45) is 2.68. The first-order chi connectivity index (χ1) is 9.95. The molecule has 1 aliphatic heterocycles. The van der Waals surface area contributed by atoms with Crippen molar-refractivity contribution < 1.29 is 14.7 Å². The van der Waals surface area contributed by atoms with Gasteiger partial charge in [-0.25, -0.2) is 4.79 Å². The van der Waals surface area contributed by atoms with Gasteiger partial charge in [0, 0.05) is 24.9 Å². The molecule has 0 aliphatic carbocycles. The fourth-order valence-corrected chi connectivity index (χ4v) is 3.50. The molecule has 1 heterocycles. The molecule has 2 amide bonds. The number of piperidine rings is 1. The van der Waals surface area contributed by atoms with Gasteiger partial charge in [0.25, 0.3) is 0 Å². The molecule has 2 N–H and O–H groups in total. The van der Waals surface area contributed by atoms with E-state index in [4.69, 9.17) is 0 Å². The number of thioether (sulfide) groups is 1. The Bertz CT molecular complexity index is 355. The van der Waals surface area contributed by atoms with Crippen LogP contribution < -0.4 is 5.32 Å². The average molecular weight is 316 g/mol. The molecule has 0 bridgehead atoms. The van der Waals surface area contributed by atoms with E-state index in [2.05, 4.69) is 12.2 Å². The van der Waals surface area contributed by atoms with Crippen molar-refractivity contribution in [2.24, 2.45) is 5.41 Å². The molecule has 1 saturated heterocycles. The van der Waals surface area contributed by atoms with E-state index in [0.29, 0.717) is 32.4 Å². The highest BCUT2D eigenvalue weighted by Gasteiger charge is 2.41. The number of amides is 2. The maximum absolute atomic E-state index is 12.2. The van der Waals surface area contributed by atoms with Crippen LogP contribution in [0, 0.1) is 5.41 Å². The fourth-order valence-electron chi connectivity index (χ4n) is 2.83. The van der Waals surface area contributed by atoms with Crippen molar-refractivity contribution in [3.8, 4) is 0 Å². The first kappa shape index (κ1) is 18.1.